The van der Waals surface area contributed by atoms with E-state index >= 15 is 0 Å². The van der Waals surface area contributed by atoms with Crippen molar-refractivity contribution in [2.75, 3.05) is 6.61 Å². The van der Waals surface area contributed by atoms with Gasteiger partial charge in [0.15, 0.2) is 0 Å². The molecule has 0 bridgehead atoms. The first-order valence-corrected chi connectivity index (χ1v) is 4.88. The predicted octanol–water partition coefficient (Wildman–Crippen LogP) is 0.927. The Bertz CT molecular complexity index is 384. The molecule has 1 aliphatic carbocycles. The lowest BCUT2D eigenvalue weighted by atomic mass is 10.2. The Hall–Kier alpha value is -1.08. The molecule has 0 spiro atoms. The van der Waals surface area contributed by atoms with Crippen LogP contribution in [0.5, 0.6) is 0 Å². The van der Waals surface area contributed by atoms with E-state index in [9.17, 15) is 13.2 Å². The summed E-state index contributed by atoms with van der Waals surface area (Å²) in [5, 5.41) is 8.87. The molecule has 3 N–H and O–H groups in total. The monoisotopic (exact) mass is 235 g/mol. The van der Waals surface area contributed by atoms with Gasteiger partial charge in [0.1, 0.15) is 5.54 Å². The fourth-order valence-electron chi connectivity index (χ4n) is 1.81. The van der Waals surface area contributed by atoms with Gasteiger partial charge in [-0.2, -0.15) is 13.2 Å². The minimum Gasteiger partial charge on any atom is -0.394 e. The number of hydrogen-bond donors (Lipinski definition) is 2. The fraction of sp³-hybridized carbons (Fsp3) is 0.667. The van der Waals surface area contributed by atoms with Crippen LogP contribution in [-0.2, 0) is 5.54 Å². The molecule has 0 saturated heterocycles. The maximum atomic E-state index is 12.9. The number of alkyl halides is 3. The van der Waals surface area contributed by atoms with Crippen molar-refractivity contribution in [1.82, 2.24) is 9.55 Å². The Balaban J connectivity index is 2.39. The quantitative estimate of drug-likeness (QED) is 0.819. The van der Waals surface area contributed by atoms with Crippen LogP contribution in [0.2, 0.25) is 0 Å². The molecule has 0 aliphatic heterocycles. The van der Waals surface area contributed by atoms with Crippen LogP contribution in [0.15, 0.2) is 12.5 Å². The van der Waals surface area contributed by atoms with Crippen molar-refractivity contribution in [3.05, 3.63) is 18.2 Å². The molecule has 1 saturated carbocycles. The van der Waals surface area contributed by atoms with Crippen molar-refractivity contribution in [2.24, 2.45) is 5.73 Å². The van der Waals surface area contributed by atoms with Gasteiger partial charge in [-0.15, -0.1) is 0 Å². The summed E-state index contributed by atoms with van der Waals surface area (Å²) in [4.78, 5) is 3.68. The van der Waals surface area contributed by atoms with Crippen LogP contribution in [0.4, 0.5) is 13.2 Å². The van der Waals surface area contributed by atoms with E-state index in [0.717, 1.165) is 10.9 Å². The van der Waals surface area contributed by atoms with Gasteiger partial charge in [-0.05, 0) is 12.8 Å². The summed E-state index contributed by atoms with van der Waals surface area (Å²) in [6.07, 6.45) is -1.83. The molecule has 0 radical (unpaired) electrons. The maximum absolute atomic E-state index is 12.9. The third kappa shape index (κ3) is 1.51. The van der Waals surface area contributed by atoms with Crippen LogP contribution in [0.1, 0.15) is 24.6 Å². The lowest BCUT2D eigenvalue weighted by molar-refractivity contribution is -0.180. The number of hydrogen-bond acceptors (Lipinski definition) is 3. The summed E-state index contributed by atoms with van der Waals surface area (Å²) in [5.74, 6) is 0. The summed E-state index contributed by atoms with van der Waals surface area (Å²) in [7, 11) is 0. The van der Waals surface area contributed by atoms with Gasteiger partial charge in [0.25, 0.3) is 0 Å². The van der Waals surface area contributed by atoms with E-state index in [1.165, 1.54) is 6.20 Å². The Morgan fingerprint density at radius 3 is 2.62 bits per heavy atom. The predicted molar refractivity (Wildman–Crippen MR) is 49.5 cm³/mol. The third-order valence-corrected chi connectivity index (χ3v) is 2.96. The first-order valence-electron chi connectivity index (χ1n) is 4.88. The second kappa shape index (κ2) is 3.46. The van der Waals surface area contributed by atoms with Crippen LogP contribution >= 0.6 is 0 Å². The van der Waals surface area contributed by atoms with Gasteiger partial charge in [-0.1, -0.05) is 0 Å². The second-order valence-electron chi connectivity index (χ2n) is 4.01. The SMILES string of the molecule is NC(CO)c1cncn1C1(C(F)(F)F)CC1. The van der Waals surface area contributed by atoms with Crippen molar-refractivity contribution >= 4 is 0 Å². The number of aromatic nitrogens is 2. The molecule has 2 rings (SSSR count). The number of nitrogens with two attached hydrogens (primary N) is 1. The normalized spacial score (nSPS) is 20.8. The summed E-state index contributed by atoms with van der Waals surface area (Å²) >= 11 is 0. The number of imidazole rings is 1. The van der Waals surface area contributed by atoms with Crippen LogP contribution in [0.25, 0.3) is 0 Å². The lowest BCUT2D eigenvalue weighted by Gasteiger charge is -2.24. The van der Waals surface area contributed by atoms with Gasteiger partial charge in [0.2, 0.25) is 0 Å². The minimum absolute atomic E-state index is 0.0397. The van der Waals surface area contributed by atoms with E-state index in [1.54, 1.807) is 0 Å². The topological polar surface area (TPSA) is 64.1 Å². The highest BCUT2D eigenvalue weighted by Gasteiger charge is 2.65. The van der Waals surface area contributed by atoms with E-state index in [1.807, 2.05) is 0 Å². The zero-order valence-electron chi connectivity index (χ0n) is 8.41. The number of aliphatic hydroxyl groups excluding tert-OH is 1. The highest BCUT2D eigenvalue weighted by molar-refractivity contribution is 5.16. The van der Waals surface area contributed by atoms with E-state index in [2.05, 4.69) is 4.98 Å². The molecule has 1 aromatic rings. The van der Waals surface area contributed by atoms with Gasteiger partial charge in [0.05, 0.1) is 24.7 Å². The molecule has 1 heterocycles. The number of halogens is 3. The van der Waals surface area contributed by atoms with Crippen LogP contribution in [-0.4, -0.2) is 27.4 Å². The molecule has 1 aliphatic rings. The highest BCUT2D eigenvalue weighted by atomic mass is 19.4. The smallest absolute Gasteiger partial charge is 0.394 e. The van der Waals surface area contributed by atoms with Gasteiger partial charge in [0, 0.05) is 6.20 Å². The standard InChI is InChI=1S/C9H12F3N3O/c10-9(11,12)8(1-2-8)15-5-14-3-7(15)6(13)4-16/h3,5-6,16H,1-2,4,13H2. The van der Waals surface area contributed by atoms with Crippen LogP contribution < -0.4 is 5.73 Å². The summed E-state index contributed by atoms with van der Waals surface area (Å²) in [6, 6.07) is -0.831. The molecule has 0 amide bonds. The summed E-state index contributed by atoms with van der Waals surface area (Å²) < 4.78 is 39.6. The average Bonchev–Trinajstić information content (AvgIpc) is 2.89. The van der Waals surface area contributed by atoms with E-state index in [0.29, 0.717) is 0 Å². The van der Waals surface area contributed by atoms with Crippen LogP contribution in [0.3, 0.4) is 0 Å². The lowest BCUT2D eigenvalue weighted by Crippen LogP contribution is -2.37. The molecule has 0 aromatic carbocycles. The molecule has 90 valence electrons. The van der Waals surface area contributed by atoms with E-state index in [4.69, 9.17) is 10.8 Å². The Kier molecular flexibility index (Phi) is 2.47. The summed E-state index contributed by atoms with van der Waals surface area (Å²) in [6.45, 7) is -0.403. The molecule has 1 fully saturated rings. The van der Waals surface area contributed by atoms with Crippen molar-refractivity contribution in [3.63, 3.8) is 0 Å². The van der Waals surface area contributed by atoms with E-state index in [-0.39, 0.29) is 18.5 Å². The first kappa shape index (κ1) is 11.4. The first-order chi connectivity index (χ1) is 7.42. The fourth-order valence-corrected chi connectivity index (χ4v) is 1.81. The minimum atomic E-state index is -4.31. The zero-order valence-corrected chi connectivity index (χ0v) is 8.41. The Morgan fingerprint density at radius 1 is 1.56 bits per heavy atom. The second-order valence-corrected chi connectivity index (χ2v) is 4.01. The number of rotatable bonds is 3. The van der Waals surface area contributed by atoms with Crippen molar-refractivity contribution in [3.8, 4) is 0 Å². The van der Waals surface area contributed by atoms with Gasteiger partial charge in [-0.25, -0.2) is 4.98 Å². The van der Waals surface area contributed by atoms with Gasteiger partial charge in [-0.3, -0.25) is 0 Å². The van der Waals surface area contributed by atoms with Crippen LogP contribution in [0, 0.1) is 0 Å². The summed E-state index contributed by atoms with van der Waals surface area (Å²) in [5.41, 5.74) is 3.89. The van der Waals surface area contributed by atoms with Gasteiger partial charge < -0.3 is 15.4 Å². The van der Waals surface area contributed by atoms with Crippen molar-refractivity contribution in [1.29, 1.82) is 0 Å². The molecular weight excluding hydrogens is 223 g/mol. The molecule has 1 aromatic heterocycles. The zero-order chi connectivity index (χ0) is 12.0. The van der Waals surface area contributed by atoms with Gasteiger partial charge >= 0.3 is 6.18 Å². The largest absolute Gasteiger partial charge is 0.411 e. The maximum Gasteiger partial charge on any atom is 0.411 e. The molecule has 4 nitrogen and oxygen atoms in total. The average molecular weight is 235 g/mol. The number of aliphatic hydroxyl groups is 1. The molecule has 1 atom stereocenters. The highest BCUT2D eigenvalue weighted by Crippen LogP contribution is 2.56. The molecule has 1 unspecified atom stereocenters. The Morgan fingerprint density at radius 2 is 2.19 bits per heavy atom. The molecule has 7 heteroatoms. The van der Waals surface area contributed by atoms with Crippen molar-refractivity contribution < 1.29 is 18.3 Å². The van der Waals surface area contributed by atoms with E-state index < -0.39 is 24.4 Å². The third-order valence-electron chi connectivity index (χ3n) is 2.96. The molecular formula is C9H12F3N3O. The van der Waals surface area contributed by atoms with Crippen molar-refractivity contribution in [2.45, 2.75) is 30.6 Å². The Labute approximate surface area is 89.9 Å². The molecule has 16 heavy (non-hydrogen) atoms. The number of nitrogens with zero attached hydrogens (tertiary/aromatic N) is 2.